The molecule has 0 spiro atoms. The molecule has 0 bridgehead atoms. The number of hydrogen-bond donors (Lipinski definition) is 1. The van der Waals surface area contributed by atoms with Crippen molar-refractivity contribution >= 4 is 0 Å². The molecule has 0 aromatic rings. The molecule has 3 nitrogen and oxygen atoms in total. The van der Waals surface area contributed by atoms with E-state index >= 15 is 0 Å². The van der Waals surface area contributed by atoms with Crippen LogP contribution in [0.3, 0.4) is 0 Å². The van der Waals surface area contributed by atoms with Gasteiger partial charge in [-0.15, -0.1) is 0 Å². The third-order valence-corrected chi connectivity index (χ3v) is 4.43. The Morgan fingerprint density at radius 2 is 2.06 bits per heavy atom. The zero-order valence-corrected chi connectivity index (χ0v) is 11.5. The van der Waals surface area contributed by atoms with Crippen LogP contribution in [-0.4, -0.2) is 50.3 Å². The number of hydrogen-bond acceptors (Lipinski definition) is 3. The van der Waals surface area contributed by atoms with E-state index in [0.29, 0.717) is 6.04 Å². The highest BCUT2D eigenvalue weighted by Crippen LogP contribution is 2.24. The maximum Gasteiger partial charge on any atom is 0.0510 e. The molecule has 1 N–H and O–H groups in total. The van der Waals surface area contributed by atoms with Crippen molar-refractivity contribution in [2.45, 2.75) is 51.1 Å². The van der Waals surface area contributed by atoms with Crippen LogP contribution in [0.5, 0.6) is 0 Å². The Hall–Kier alpha value is -0.120. The third kappa shape index (κ3) is 3.67. The molecule has 2 atom stereocenters. The molecular formula is C14H28N2O. The molecule has 0 radical (unpaired) electrons. The van der Waals surface area contributed by atoms with Gasteiger partial charge in [0.15, 0.2) is 0 Å². The lowest BCUT2D eigenvalue weighted by molar-refractivity contribution is 0.156. The zero-order valence-electron chi connectivity index (χ0n) is 11.5. The van der Waals surface area contributed by atoms with Crippen LogP contribution < -0.4 is 5.32 Å². The maximum atomic E-state index is 5.53. The molecule has 100 valence electrons. The van der Waals surface area contributed by atoms with Crippen molar-refractivity contribution in [3.05, 3.63) is 0 Å². The van der Waals surface area contributed by atoms with Gasteiger partial charge in [0.25, 0.3) is 0 Å². The summed E-state index contributed by atoms with van der Waals surface area (Å²) in [7, 11) is 2.30. The van der Waals surface area contributed by atoms with Crippen LogP contribution in [0.25, 0.3) is 0 Å². The van der Waals surface area contributed by atoms with Gasteiger partial charge in [-0.25, -0.2) is 0 Å². The van der Waals surface area contributed by atoms with Gasteiger partial charge in [-0.1, -0.05) is 19.8 Å². The fraction of sp³-hybridized carbons (Fsp3) is 1.00. The first-order valence-electron chi connectivity index (χ1n) is 7.32. The summed E-state index contributed by atoms with van der Waals surface area (Å²) in [6, 6.07) is 1.45. The van der Waals surface area contributed by atoms with Crippen molar-refractivity contribution in [3.63, 3.8) is 0 Å². The summed E-state index contributed by atoms with van der Waals surface area (Å²) >= 11 is 0. The molecule has 17 heavy (non-hydrogen) atoms. The number of nitrogens with one attached hydrogen (secondary N) is 1. The number of nitrogens with zero attached hydrogens (tertiary/aromatic N) is 1. The van der Waals surface area contributed by atoms with Gasteiger partial charge in [0.1, 0.15) is 0 Å². The summed E-state index contributed by atoms with van der Waals surface area (Å²) < 4.78 is 5.53. The molecule has 2 rings (SSSR count). The van der Waals surface area contributed by atoms with E-state index in [1.54, 1.807) is 0 Å². The summed E-state index contributed by atoms with van der Waals surface area (Å²) in [6.07, 6.45) is 6.88. The highest BCUT2D eigenvalue weighted by atomic mass is 16.5. The average Bonchev–Trinajstić information content (AvgIpc) is 3.01. The van der Waals surface area contributed by atoms with Crippen molar-refractivity contribution in [1.29, 1.82) is 0 Å². The molecule has 3 heteroatoms. The third-order valence-electron chi connectivity index (χ3n) is 4.43. The van der Waals surface area contributed by atoms with Gasteiger partial charge in [0.2, 0.25) is 0 Å². The fourth-order valence-corrected chi connectivity index (χ4v) is 3.32. The fourth-order valence-electron chi connectivity index (χ4n) is 3.32. The van der Waals surface area contributed by atoms with E-state index in [1.165, 1.54) is 38.6 Å². The second-order valence-corrected chi connectivity index (χ2v) is 5.67. The van der Waals surface area contributed by atoms with Gasteiger partial charge in [-0.3, -0.25) is 0 Å². The first-order valence-corrected chi connectivity index (χ1v) is 7.32. The smallest absolute Gasteiger partial charge is 0.0510 e. The van der Waals surface area contributed by atoms with Gasteiger partial charge in [-0.2, -0.15) is 0 Å². The molecule has 1 aliphatic carbocycles. The Morgan fingerprint density at radius 3 is 2.65 bits per heavy atom. The Morgan fingerprint density at radius 1 is 1.29 bits per heavy atom. The van der Waals surface area contributed by atoms with Gasteiger partial charge in [0.05, 0.1) is 6.61 Å². The van der Waals surface area contributed by atoms with Gasteiger partial charge in [0, 0.05) is 31.2 Å². The van der Waals surface area contributed by atoms with Crippen molar-refractivity contribution in [2.24, 2.45) is 5.92 Å². The van der Waals surface area contributed by atoms with Crippen molar-refractivity contribution in [1.82, 2.24) is 10.2 Å². The molecule has 1 saturated carbocycles. The second-order valence-electron chi connectivity index (χ2n) is 5.67. The molecule has 0 amide bonds. The molecule has 2 fully saturated rings. The van der Waals surface area contributed by atoms with E-state index in [0.717, 1.165) is 31.7 Å². The summed E-state index contributed by atoms with van der Waals surface area (Å²) in [5.74, 6) is 0.721. The Labute approximate surface area is 106 Å². The standard InChI is InChI=1S/C14H28N2O/c1-3-15-14(12-8-9-17-11-12)10-16(2)13-6-4-5-7-13/h12-15H,3-11H2,1-2H3. The minimum atomic E-state index is 0.619. The quantitative estimate of drug-likeness (QED) is 0.767. The van der Waals surface area contributed by atoms with E-state index in [9.17, 15) is 0 Å². The molecule has 0 aromatic carbocycles. The summed E-state index contributed by atoms with van der Waals surface area (Å²) in [4.78, 5) is 2.58. The van der Waals surface area contributed by atoms with Crippen LogP contribution in [0.4, 0.5) is 0 Å². The van der Waals surface area contributed by atoms with Crippen molar-refractivity contribution < 1.29 is 4.74 Å². The molecule has 2 aliphatic rings. The first kappa shape index (κ1) is 13.3. The maximum absolute atomic E-state index is 5.53. The predicted octanol–water partition coefficient (Wildman–Crippen LogP) is 1.88. The van der Waals surface area contributed by atoms with Crippen LogP contribution in [0.2, 0.25) is 0 Å². The molecule has 1 saturated heterocycles. The van der Waals surface area contributed by atoms with Crippen LogP contribution in [0, 0.1) is 5.92 Å². The monoisotopic (exact) mass is 240 g/mol. The Bertz CT molecular complexity index is 210. The van der Waals surface area contributed by atoms with Crippen LogP contribution in [-0.2, 0) is 4.74 Å². The minimum Gasteiger partial charge on any atom is -0.381 e. The van der Waals surface area contributed by atoms with E-state index < -0.39 is 0 Å². The van der Waals surface area contributed by atoms with E-state index in [4.69, 9.17) is 4.74 Å². The lowest BCUT2D eigenvalue weighted by Gasteiger charge is -2.32. The Balaban J connectivity index is 1.82. The largest absolute Gasteiger partial charge is 0.381 e. The topological polar surface area (TPSA) is 24.5 Å². The minimum absolute atomic E-state index is 0.619. The first-order chi connectivity index (χ1) is 8.31. The summed E-state index contributed by atoms with van der Waals surface area (Å²) in [5, 5.41) is 3.66. The van der Waals surface area contributed by atoms with Crippen LogP contribution in [0.15, 0.2) is 0 Å². The van der Waals surface area contributed by atoms with Crippen LogP contribution in [0.1, 0.15) is 39.0 Å². The summed E-state index contributed by atoms with van der Waals surface area (Å²) in [6.45, 7) is 6.38. The van der Waals surface area contributed by atoms with Gasteiger partial charge >= 0.3 is 0 Å². The SMILES string of the molecule is CCNC(CN(C)C1CCCC1)C1CCOC1. The number of likely N-dealkylation sites (N-methyl/N-ethyl adjacent to an activating group) is 2. The molecule has 1 heterocycles. The highest BCUT2D eigenvalue weighted by Gasteiger charge is 2.28. The van der Waals surface area contributed by atoms with Crippen LogP contribution >= 0.6 is 0 Å². The van der Waals surface area contributed by atoms with Crippen molar-refractivity contribution in [3.8, 4) is 0 Å². The summed E-state index contributed by atoms with van der Waals surface area (Å²) in [5.41, 5.74) is 0. The van der Waals surface area contributed by atoms with Gasteiger partial charge in [-0.05, 0) is 32.9 Å². The molecular weight excluding hydrogens is 212 g/mol. The normalized spacial score (nSPS) is 28.1. The van der Waals surface area contributed by atoms with E-state index in [2.05, 4.69) is 24.2 Å². The average molecular weight is 240 g/mol. The zero-order chi connectivity index (χ0) is 12.1. The second kappa shape index (κ2) is 6.72. The molecule has 0 aromatic heterocycles. The predicted molar refractivity (Wildman–Crippen MR) is 71.3 cm³/mol. The number of ether oxygens (including phenoxy) is 1. The number of rotatable bonds is 6. The lowest BCUT2D eigenvalue weighted by Crippen LogP contribution is -2.47. The van der Waals surface area contributed by atoms with E-state index in [1.807, 2.05) is 0 Å². The highest BCUT2D eigenvalue weighted by molar-refractivity contribution is 4.84. The molecule has 2 unspecified atom stereocenters. The van der Waals surface area contributed by atoms with E-state index in [-0.39, 0.29) is 0 Å². The van der Waals surface area contributed by atoms with Gasteiger partial charge < -0.3 is 15.0 Å². The lowest BCUT2D eigenvalue weighted by atomic mass is 9.98. The Kier molecular flexibility index (Phi) is 5.26. The van der Waals surface area contributed by atoms with Crippen molar-refractivity contribution in [2.75, 3.05) is 33.4 Å². The molecule has 1 aliphatic heterocycles.